The molecule has 0 atom stereocenters. The summed E-state index contributed by atoms with van der Waals surface area (Å²) in [6.07, 6.45) is 4.16. The average molecular weight is 848 g/mol. The van der Waals surface area contributed by atoms with Gasteiger partial charge in [0.1, 0.15) is 5.58 Å². The number of nitrogens with zero attached hydrogens (tertiary/aromatic N) is 4. The first kappa shape index (κ1) is 31.0. The van der Waals surface area contributed by atoms with Gasteiger partial charge in [0.15, 0.2) is 0 Å². The molecule has 0 N–H and O–H groups in total. The average Bonchev–Trinajstić information content (AvgIpc) is 3.59. The maximum atomic E-state index is 8.56. The first-order valence-corrected chi connectivity index (χ1v) is 22.7. The van der Waals surface area contributed by atoms with E-state index in [0.717, 1.165) is 71.1 Å². The first-order chi connectivity index (χ1) is 22.3. The predicted molar refractivity (Wildman–Crippen MR) is 190 cm³/mol. The van der Waals surface area contributed by atoms with E-state index in [9.17, 15) is 0 Å². The quantitative estimate of drug-likeness (QED) is 0.128. The van der Waals surface area contributed by atoms with Gasteiger partial charge in [0.05, 0.1) is 28.6 Å². The Morgan fingerprint density at radius 3 is 2.52 bits per heavy atom. The van der Waals surface area contributed by atoms with E-state index in [-0.39, 0.29) is 26.0 Å². The van der Waals surface area contributed by atoms with Crippen molar-refractivity contribution in [1.29, 1.82) is 0 Å². The Morgan fingerprint density at radius 2 is 1.83 bits per heavy atom. The fraction of sp³-hybridized carbons (Fsp3) is 0.256. The molecule has 0 aliphatic carbocycles. The van der Waals surface area contributed by atoms with Gasteiger partial charge >= 0.3 is 128 Å². The topological polar surface area (TPSA) is 56.7 Å². The van der Waals surface area contributed by atoms with E-state index in [1.165, 1.54) is 5.56 Å². The molecule has 0 unspecified atom stereocenters. The second kappa shape index (κ2) is 13.6. The molecule has 4 aromatic heterocycles. The molecule has 0 aliphatic rings. The monoisotopic (exact) mass is 849 g/mol. The number of aryl methyl sites for hydroxylation is 3. The molecule has 237 valence electrons. The van der Waals surface area contributed by atoms with E-state index in [1.54, 1.807) is 6.20 Å². The number of aromatic nitrogens is 4. The van der Waals surface area contributed by atoms with Gasteiger partial charge in [-0.3, -0.25) is 9.97 Å². The van der Waals surface area contributed by atoms with Crippen molar-refractivity contribution in [3.63, 3.8) is 0 Å². The van der Waals surface area contributed by atoms with Crippen molar-refractivity contribution in [1.82, 2.24) is 19.5 Å². The van der Waals surface area contributed by atoms with Crippen molar-refractivity contribution in [3.05, 3.63) is 108 Å². The van der Waals surface area contributed by atoms with Crippen LogP contribution in [-0.4, -0.2) is 32.8 Å². The number of hydrogen-bond donors (Lipinski definition) is 0. The van der Waals surface area contributed by atoms with Gasteiger partial charge in [0.25, 0.3) is 0 Å². The summed E-state index contributed by atoms with van der Waals surface area (Å²) in [5.74, 6) is 7.61. The minimum atomic E-state index is -2.20. The Bertz CT molecular complexity index is 2240. The van der Waals surface area contributed by atoms with Gasteiger partial charge in [-0.05, 0) is 24.6 Å². The molecule has 3 aromatic carbocycles. The van der Waals surface area contributed by atoms with Gasteiger partial charge < -0.3 is 8.98 Å². The number of benzene rings is 3. The second-order valence-electron chi connectivity index (χ2n) is 13.0. The maximum absolute atomic E-state index is 8.56. The van der Waals surface area contributed by atoms with Gasteiger partial charge in [0, 0.05) is 38.7 Å². The smallest absolute Gasteiger partial charge is 0 e. The Kier molecular flexibility index (Phi) is 9.21. The second-order valence-corrected chi connectivity index (χ2v) is 23.5. The molecule has 5 nitrogen and oxygen atoms in total. The van der Waals surface area contributed by atoms with Crippen LogP contribution in [0.2, 0.25) is 17.3 Å². The van der Waals surface area contributed by atoms with Crippen molar-refractivity contribution in [2.75, 3.05) is 0 Å². The van der Waals surface area contributed by atoms with Crippen molar-refractivity contribution in [2.24, 2.45) is 13.0 Å². The van der Waals surface area contributed by atoms with Crippen molar-refractivity contribution in [2.45, 2.75) is 51.3 Å². The third-order valence-electron chi connectivity index (χ3n) is 7.95. The molecule has 7 rings (SSSR count). The molecule has 0 spiro atoms. The summed E-state index contributed by atoms with van der Waals surface area (Å²) in [6.45, 7) is 8.05. The molecular formula is C39H40GeIrN4O-2. The summed E-state index contributed by atoms with van der Waals surface area (Å²) in [5.41, 5.74) is 9.40. The Balaban J connectivity index is 0.000000186. The molecule has 1 radical (unpaired) electrons. The zero-order chi connectivity index (χ0) is 33.7. The molecule has 7 aromatic rings. The number of furan rings is 1. The van der Waals surface area contributed by atoms with Crippen molar-refractivity contribution >= 4 is 50.6 Å². The van der Waals surface area contributed by atoms with E-state index in [1.807, 2.05) is 80.3 Å². The van der Waals surface area contributed by atoms with Crippen LogP contribution in [0, 0.1) is 31.9 Å². The fourth-order valence-electron chi connectivity index (χ4n) is 5.70. The molecule has 0 saturated carbocycles. The first-order valence-electron chi connectivity index (χ1n) is 16.4. The Hall–Kier alpha value is -3.58. The Morgan fingerprint density at radius 1 is 1.02 bits per heavy atom. The molecular weight excluding hydrogens is 805 g/mol. The third-order valence-corrected chi connectivity index (χ3v) is 12.2. The summed E-state index contributed by atoms with van der Waals surface area (Å²) in [7, 11) is 2.00. The summed E-state index contributed by atoms with van der Waals surface area (Å²) in [4.78, 5) is 13.6. The van der Waals surface area contributed by atoms with Crippen LogP contribution >= 0.6 is 0 Å². The largest absolute Gasteiger partial charge is 0 e. The standard InChI is InChI=1S/C21H16N3O.C18H24GeN.Ir/c1-12-4-6-14-18(10-12)25-20-15(7-5-13(2)19(14)20)21-23-16-8-9-22-11-17(16)24(21)3;1-14(2)11-16-12-18(15-9-7-6-8-10-15)20-13-17(16)19(3,4)5;/h4-6,8-11H,1-3H3;6-9,12-14H,11H2,1-5H3;/q2*-1;/i;11D2;. The molecule has 0 fully saturated rings. The summed E-state index contributed by atoms with van der Waals surface area (Å²) in [5, 5.41) is 2.27. The van der Waals surface area contributed by atoms with Crippen LogP contribution in [0.15, 0.2) is 83.7 Å². The van der Waals surface area contributed by atoms with E-state index < -0.39 is 19.6 Å². The van der Waals surface area contributed by atoms with Gasteiger partial charge in [-0.1, -0.05) is 30.0 Å². The molecule has 7 heteroatoms. The zero-order valence-electron chi connectivity index (χ0n) is 29.6. The van der Waals surface area contributed by atoms with Crippen LogP contribution in [0.3, 0.4) is 0 Å². The minimum absolute atomic E-state index is 0. The Labute approximate surface area is 291 Å². The summed E-state index contributed by atoms with van der Waals surface area (Å²) in [6, 6.07) is 26.5. The summed E-state index contributed by atoms with van der Waals surface area (Å²) < 4.78 is 26.6. The van der Waals surface area contributed by atoms with Crippen LogP contribution in [0.5, 0.6) is 0 Å². The SMILES string of the molecule is Cc1ccc2c(c1)oc1c(-c3nc4ccncc4n3C)[c-]cc(C)c12.[2H]C([2H])(c1cc(-c2[c-]cccc2)nc[c]1[Ge]([CH3])([CH3])[CH3])C(C)C.[Ir]. The van der Waals surface area contributed by atoms with E-state index in [2.05, 4.69) is 71.4 Å². The van der Waals surface area contributed by atoms with Gasteiger partial charge in [0.2, 0.25) is 0 Å². The maximum Gasteiger partial charge on any atom is 0 e. The van der Waals surface area contributed by atoms with E-state index >= 15 is 0 Å². The number of imidazole rings is 1. The van der Waals surface area contributed by atoms with Crippen molar-refractivity contribution < 1.29 is 27.3 Å². The number of hydrogen-bond acceptors (Lipinski definition) is 4. The molecule has 0 saturated heterocycles. The molecule has 4 heterocycles. The number of rotatable bonds is 5. The number of pyridine rings is 2. The van der Waals surface area contributed by atoms with Crippen LogP contribution in [0.4, 0.5) is 0 Å². The van der Waals surface area contributed by atoms with Gasteiger partial charge in [-0.15, -0.1) is 17.7 Å². The third kappa shape index (κ3) is 6.76. The van der Waals surface area contributed by atoms with Crippen LogP contribution in [-0.2, 0) is 33.5 Å². The summed E-state index contributed by atoms with van der Waals surface area (Å²) >= 11 is -2.20. The van der Waals surface area contributed by atoms with Crippen LogP contribution in [0.25, 0.3) is 55.6 Å². The molecule has 0 bridgehead atoms. The van der Waals surface area contributed by atoms with Crippen LogP contribution in [0.1, 0.15) is 33.3 Å². The fourth-order valence-corrected chi connectivity index (χ4v) is 8.64. The van der Waals surface area contributed by atoms with Gasteiger partial charge in [-0.2, -0.15) is 0 Å². The molecule has 0 aliphatic heterocycles. The van der Waals surface area contributed by atoms with Crippen molar-refractivity contribution in [3.8, 4) is 22.6 Å². The number of fused-ring (bicyclic) bond motifs is 4. The molecule has 46 heavy (non-hydrogen) atoms. The minimum Gasteiger partial charge on any atom is 0 e. The molecule has 0 amide bonds. The van der Waals surface area contributed by atoms with E-state index in [4.69, 9.17) is 12.1 Å². The van der Waals surface area contributed by atoms with E-state index in [0.29, 0.717) is 0 Å². The predicted octanol–water partition coefficient (Wildman–Crippen LogP) is 9.24. The normalized spacial score (nSPS) is 12.5. The van der Waals surface area contributed by atoms with Gasteiger partial charge in [-0.25, -0.2) is 0 Å². The zero-order valence-corrected chi connectivity index (χ0v) is 32.1. The van der Waals surface area contributed by atoms with Crippen LogP contribution < -0.4 is 4.40 Å².